The minimum absolute atomic E-state index is 0.0125. The molecule has 2 aromatic heterocycles. The molecule has 4 rings (SSSR count). The topological polar surface area (TPSA) is 59.3 Å². The number of carbonyl (C=O) groups excluding carboxylic acids is 1. The highest BCUT2D eigenvalue weighted by Gasteiger charge is 2.34. The number of aromatic nitrogens is 3. The zero-order chi connectivity index (χ0) is 20.4. The van der Waals surface area contributed by atoms with Crippen LogP contribution in [0.3, 0.4) is 0 Å². The molecule has 1 N–H and O–H groups in total. The predicted octanol–water partition coefficient (Wildman–Crippen LogP) is 4.73. The molecular weight excluding hydrogens is 381 g/mol. The lowest BCUT2D eigenvalue weighted by molar-refractivity contribution is -0.141. The first-order valence-electron chi connectivity index (χ1n) is 9.73. The van der Waals surface area contributed by atoms with Crippen LogP contribution in [0.25, 0.3) is 16.9 Å². The molecule has 29 heavy (non-hydrogen) atoms. The lowest BCUT2D eigenvalue weighted by Gasteiger charge is -2.21. The zero-order valence-electron chi connectivity index (χ0n) is 15.7. The monoisotopic (exact) mass is 402 g/mol. The fourth-order valence-corrected chi connectivity index (χ4v) is 3.76. The van der Waals surface area contributed by atoms with Crippen molar-refractivity contribution in [2.24, 2.45) is 5.92 Å². The molecule has 0 atom stereocenters. The molecule has 0 saturated heterocycles. The molecule has 3 aromatic rings. The van der Waals surface area contributed by atoms with Gasteiger partial charge in [0, 0.05) is 18.2 Å². The summed E-state index contributed by atoms with van der Waals surface area (Å²) in [6.45, 7) is 0.555. The summed E-state index contributed by atoms with van der Waals surface area (Å²) < 4.78 is 41.3. The second-order valence-corrected chi connectivity index (χ2v) is 7.40. The quantitative estimate of drug-likeness (QED) is 0.687. The number of alkyl halides is 3. The number of amides is 1. The number of halogens is 3. The van der Waals surface area contributed by atoms with Gasteiger partial charge >= 0.3 is 6.18 Å². The highest BCUT2D eigenvalue weighted by Crippen LogP contribution is 2.31. The van der Waals surface area contributed by atoms with Crippen LogP contribution in [0, 0.1) is 5.92 Å². The van der Waals surface area contributed by atoms with Gasteiger partial charge in [0.2, 0.25) is 0 Å². The Bertz CT molecular complexity index is 1010. The first-order valence-corrected chi connectivity index (χ1v) is 9.73. The standard InChI is InChI=1S/C21H21F3N4O/c22-21(23,24)18-12-17(15-9-5-2-6-10-15)28-19(26-18)11-16(27-28)20(29)25-13-14-7-3-1-4-8-14/h2,5-6,9-12,14H,1,3-4,7-8,13H2,(H,25,29). The van der Waals surface area contributed by atoms with Gasteiger partial charge in [-0.25, -0.2) is 9.50 Å². The van der Waals surface area contributed by atoms with Gasteiger partial charge in [-0.3, -0.25) is 4.79 Å². The van der Waals surface area contributed by atoms with Crippen molar-refractivity contribution < 1.29 is 18.0 Å². The fraction of sp³-hybridized carbons (Fsp3) is 0.381. The van der Waals surface area contributed by atoms with Crippen molar-refractivity contribution in [2.75, 3.05) is 6.54 Å². The van der Waals surface area contributed by atoms with Gasteiger partial charge in [0.25, 0.3) is 5.91 Å². The molecule has 0 spiro atoms. The number of carbonyl (C=O) groups is 1. The molecule has 0 bridgehead atoms. The predicted molar refractivity (Wildman–Crippen MR) is 102 cm³/mol. The summed E-state index contributed by atoms with van der Waals surface area (Å²) in [6.07, 6.45) is 1.13. The van der Waals surface area contributed by atoms with Crippen LogP contribution in [0.15, 0.2) is 42.5 Å². The molecular formula is C21H21F3N4O. The van der Waals surface area contributed by atoms with Gasteiger partial charge in [-0.1, -0.05) is 49.6 Å². The number of benzene rings is 1. The third-order valence-electron chi connectivity index (χ3n) is 5.30. The average Bonchev–Trinajstić information content (AvgIpc) is 3.16. The van der Waals surface area contributed by atoms with E-state index in [-0.39, 0.29) is 17.0 Å². The second-order valence-electron chi connectivity index (χ2n) is 7.40. The van der Waals surface area contributed by atoms with E-state index in [9.17, 15) is 18.0 Å². The molecule has 5 nitrogen and oxygen atoms in total. The number of nitrogens with zero attached hydrogens (tertiary/aromatic N) is 3. The Kier molecular flexibility index (Phi) is 5.25. The van der Waals surface area contributed by atoms with Gasteiger partial charge in [-0.15, -0.1) is 0 Å². The van der Waals surface area contributed by atoms with Crippen LogP contribution in [0.2, 0.25) is 0 Å². The van der Waals surface area contributed by atoms with E-state index in [0.717, 1.165) is 18.9 Å². The Hall–Kier alpha value is -2.90. The third kappa shape index (κ3) is 4.26. The van der Waals surface area contributed by atoms with E-state index in [1.54, 1.807) is 30.3 Å². The van der Waals surface area contributed by atoms with Crippen molar-refractivity contribution in [2.45, 2.75) is 38.3 Å². The molecule has 8 heteroatoms. The van der Waals surface area contributed by atoms with E-state index in [2.05, 4.69) is 15.4 Å². The highest BCUT2D eigenvalue weighted by atomic mass is 19.4. The molecule has 1 aliphatic rings. The first kappa shape index (κ1) is 19.4. The third-order valence-corrected chi connectivity index (χ3v) is 5.30. The molecule has 1 saturated carbocycles. The van der Waals surface area contributed by atoms with Crippen LogP contribution in [0.4, 0.5) is 13.2 Å². The molecule has 0 aliphatic heterocycles. The summed E-state index contributed by atoms with van der Waals surface area (Å²) in [7, 11) is 0. The van der Waals surface area contributed by atoms with Gasteiger partial charge in [0.05, 0.1) is 5.69 Å². The van der Waals surface area contributed by atoms with Crippen LogP contribution in [0.1, 0.15) is 48.3 Å². The summed E-state index contributed by atoms with van der Waals surface area (Å²) in [5.74, 6) is 0.0493. The first-order chi connectivity index (χ1) is 13.9. The Morgan fingerprint density at radius 3 is 2.52 bits per heavy atom. The summed E-state index contributed by atoms with van der Waals surface area (Å²) >= 11 is 0. The molecule has 1 aromatic carbocycles. The molecule has 1 aliphatic carbocycles. The fourth-order valence-electron chi connectivity index (χ4n) is 3.76. The number of fused-ring (bicyclic) bond motifs is 1. The van der Waals surface area contributed by atoms with E-state index in [4.69, 9.17) is 0 Å². The maximum atomic E-state index is 13.3. The SMILES string of the molecule is O=C(NCC1CCCCC1)c1cc2nc(C(F)(F)F)cc(-c3ccccc3)n2n1. The lowest BCUT2D eigenvalue weighted by atomic mass is 9.89. The Balaban J connectivity index is 1.67. The van der Waals surface area contributed by atoms with E-state index in [1.807, 2.05) is 0 Å². The normalized spacial score (nSPS) is 15.6. The van der Waals surface area contributed by atoms with E-state index >= 15 is 0 Å². The maximum absolute atomic E-state index is 13.3. The van der Waals surface area contributed by atoms with Crippen LogP contribution in [-0.2, 0) is 6.18 Å². The van der Waals surface area contributed by atoms with Crippen LogP contribution in [0.5, 0.6) is 0 Å². The largest absolute Gasteiger partial charge is 0.433 e. The highest BCUT2D eigenvalue weighted by molar-refractivity contribution is 5.93. The molecule has 0 unspecified atom stereocenters. The summed E-state index contributed by atoms with van der Waals surface area (Å²) in [5, 5.41) is 7.12. The maximum Gasteiger partial charge on any atom is 0.433 e. The van der Waals surface area contributed by atoms with Crippen molar-refractivity contribution in [1.82, 2.24) is 19.9 Å². The van der Waals surface area contributed by atoms with E-state index in [1.165, 1.54) is 29.8 Å². The van der Waals surface area contributed by atoms with Crippen molar-refractivity contribution in [3.05, 3.63) is 53.9 Å². The van der Waals surface area contributed by atoms with Crippen LogP contribution < -0.4 is 5.32 Å². The number of hydrogen-bond donors (Lipinski definition) is 1. The minimum Gasteiger partial charge on any atom is -0.350 e. The van der Waals surface area contributed by atoms with Gasteiger partial charge in [0.15, 0.2) is 11.3 Å². The Morgan fingerprint density at radius 2 is 1.83 bits per heavy atom. The lowest BCUT2D eigenvalue weighted by Crippen LogP contribution is -2.30. The molecule has 1 amide bonds. The van der Waals surface area contributed by atoms with Crippen LogP contribution >= 0.6 is 0 Å². The van der Waals surface area contributed by atoms with Gasteiger partial charge < -0.3 is 5.32 Å². The van der Waals surface area contributed by atoms with E-state index < -0.39 is 17.8 Å². The van der Waals surface area contributed by atoms with Crippen molar-refractivity contribution in [3.63, 3.8) is 0 Å². The van der Waals surface area contributed by atoms with Crippen molar-refractivity contribution in [1.29, 1.82) is 0 Å². The average molecular weight is 402 g/mol. The Morgan fingerprint density at radius 1 is 1.10 bits per heavy atom. The number of hydrogen-bond acceptors (Lipinski definition) is 3. The van der Waals surface area contributed by atoms with Crippen molar-refractivity contribution >= 4 is 11.6 Å². The van der Waals surface area contributed by atoms with Gasteiger partial charge in [-0.2, -0.15) is 18.3 Å². The minimum atomic E-state index is -4.60. The number of rotatable bonds is 4. The summed E-state index contributed by atoms with van der Waals surface area (Å²) in [4.78, 5) is 16.2. The Labute approximate surface area is 166 Å². The van der Waals surface area contributed by atoms with Crippen molar-refractivity contribution in [3.8, 4) is 11.3 Å². The van der Waals surface area contributed by atoms with Gasteiger partial charge in [-0.05, 0) is 24.8 Å². The summed E-state index contributed by atoms with van der Waals surface area (Å²) in [5.41, 5.74) is -0.179. The number of nitrogens with one attached hydrogen (secondary N) is 1. The molecule has 1 fully saturated rings. The van der Waals surface area contributed by atoms with Gasteiger partial charge in [0.1, 0.15) is 5.69 Å². The van der Waals surface area contributed by atoms with E-state index in [0.29, 0.717) is 18.0 Å². The van der Waals surface area contributed by atoms with Crippen LogP contribution in [-0.4, -0.2) is 27.0 Å². The molecule has 152 valence electrons. The second kappa shape index (κ2) is 7.85. The summed E-state index contributed by atoms with van der Waals surface area (Å²) in [6, 6.07) is 10.9. The molecule has 0 radical (unpaired) electrons. The molecule has 2 heterocycles. The zero-order valence-corrected chi connectivity index (χ0v) is 15.7. The smallest absolute Gasteiger partial charge is 0.350 e.